The fraction of sp³-hybridized carbons (Fsp3) is 0.250. The summed E-state index contributed by atoms with van der Waals surface area (Å²) >= 11 is 0. The molecule has 7 heteroatoms. The molecule has 0 bridgehead atoms. The number of rotatable bonds is 11. The van der Waals surface area contributed by atoms with E-state index in [9.17, 15) is 4.79 Å². The first-order chi connectivity index (χ1) is 25.1. The minimum absolute atomic E-state index is 0.186. The Hall–Kier alpha value is -5.69. The van der Waals surface area contributed by atoms with Crippen molar-refractivity contribution < 1.29 is 4.79 Å². The molecular weight excluding hydrogens is 629 g/mol. The Kier molecular flexibility index (Phi) is 8.86. The third kappa shape index (κ3) is 5.76. The average Bonchev–Trinajstić information content (AvgIpc) is 3.94. The number of aromatic nitrogens is 4. The van der Waals surface area contributed by atoms with Gasteiger partial charge in [-0.05, 0) is 63.1 Å². The molecule has 0 radical (unpaired) electrons. The van der Waals surface area contributed by atoms with Crippen molar-refractivity contribution in [2.45, 2.75) is 69.5 Å². The molecule has 1 saturated carbocycles. The molecule has 5 aromatic carbocycles. The van der Waals surface area contributed by atoms with Crippen LogP contribution in [0.5, 0.6) is 0 Å². The highest BCUT2D eigenvalue weighted by Gasteiger charge is 2.49. The number of nitrogens with zero attached hydrogens (tertiary/aromatic N) is 6. The van der Waals surface area contributed by atoms with E-state index in [2.05, 4.69) is 127 Å². The van der Waals surface area contributed by atoms with Crippen LogP contribution in [0.1, 0.15) is 74.1 Å². The number of unbranched alkanes of at least 4 members (excludes halogenated alkanes) is 1. The molecule has 1 aliphatic heterocycles. The first-order valence-electron chi connectivity index (χ1n) is 18.2. The number of hydrogen-bond donors (Lipinski definition) is 0. The van der Waals surface area contributed by atoms with E-state index in [1.807, 2.05) is 33.8 Å². The van der Waals surface area contributed by atoms with Gasteiger partial charge in [0.1, 0.15) is 16.9 Å². The molecule has 0 unspecified atom stereocenters. The summed E-state index contributed by atoms with van der Waals surface area (Å²) in [7, 11) is 0. The molecule has 1 spiro atoms. The van der Waals surface area contributed by atoms with E-state index in [1.165, 1.54) is 0 Å². The van der Waals surface area contributed by atoms with Crippen LogP contribution < -0.4 is 0 Å². The first kappa shape index (κ1) is 32.5. The van der Waals surface area contributed by atoms with Crippen molar-refractivity contribution in [1.82, 2.24) is 25.1 Å². The summed E-state index contributed by atoms with van der Waals surface area (Å²) in [5, 5.41) is 13.8. The highest BCUT2D eigenvalue weighted by atomic mass is 16.2. The van der Waals surface area contributed by atoms with Gasteiger partial charge in [0.15, 0.2) is 5.82 Å². The summed E-state index contributed by atoms with van der Waals surface area (Å²) in [6.45, 7) is 2.73. The maximum absolute atomic E-state index is 13.8. The predicted octanol–water partition coefficient (Wildman–Crippen LogP) is 9.09. The van der Waals surface area contributed by atoms with Crippen molar-refractivity contribution in [1.29, 1.82) is 0 Å². The zero-order valence-corrected chi connectivity index (χ0v) is 29.0. The molecule has 2 aliphatic rings. The minimum Gasteiger partial charge on any atom is -0.294 e. The van der Waals surface area contributed by atoms with E-state index in [1.54, 1.807) is 0 Å². The van der Waals surface area contributed by atoms with Crippen LogP contribution in [0.15, 0.2) is 145 Å². The van der Waals surface area contributed by atoms with Crippen LogP contribution in [-0.4, -0.2) is 42.4 Å². The van der Waals surface area contributed by atoms with Gasteiger partial charge in [0, 0.05) is 12.0 Å². The van der Waals surface area contributed by atoms with Crippen molar-refractivity contribution in [3.63, 3.8) is 0 Å². The van der Waals surface area contributed by atoms with Crippen LogP contribution in [0.2, 0.25) is 0 Å². The summed E-state index contributed by atoms with van der Waals surface area (Å²) in [5.41, 5.74) is 5.86. The number of tetrazole rings is 1. The second-order valence-corrected chi connectivity index (χ2v) is 13.7. The molecule has 254 valence electrons. The Morgan fingerprint density at radius 2 is 1.24 bits per heavy atom. The van der Waals surface area contributed by atoms with E-state index in [0.29, 0.717) is 12.4 Å². The fourth-order valence-electron chi connectivity index (χ4n) is 8.09. The van der Waals surface area contributed by atoms with Crippen LogP contribution >= 0.6 is 0 Å². The lowest BCUT2D eigenvalue weighted by atomic mass is 9.77. The maximum atomic E-state index is 13.8. The number of amides is 1. The Balaban J connectivity index is 1.19. The van der Waals surface area contributed by atoms with Crippen LogP contribution in [0.4, 0.5) is 0 Å². The number of carbonyl (C=O) groups excluding carboxylic acids is 1. The second-order valence-electron chi connectivity index (χ2n) is 13.7. The van der Waals surface area contributed by atoms with Crippen molar-refractivity contribution >= 4 is 11.7 Å². The van der Waals surface area contributed by atoms with Crippen LogP contribution in [0.3, 0.4) is 0 Å². The maximum Gasteiger partial charge on any atom is 0.256 e. The van der Waals surface area contributed by atoms with E-state index >= 15 is 0 Å². The Morgan fingerprint density at radius 3 is 1.80 bits per heavy atom. The molecule has 7 nitrogen and oxygen atoms in total. The van der Waals surface area contributed by atoms with E-state index in [0.717, 1.165) is 89.7 Å². The molecule has 6 aromatic rings. The summed E-state index contributed by atoms with van der Waals surface area (Å²) in [5.74, 6) is 1.81. The van der Waals surface area contributed by atoms with Gasteiger partial charge in [-0.1, -0.05) is 166 Å². The summed E-state index contributed by atoms with van der Waals surface area (Å²) < 4.78 is 1.98. The molecule has 8 rings (SSSR count). The zero-order valence-electron chi connectivity index (χ0n) is 29.0. The molecule has 51 heavy (non-hydrogen) atoms. The van der Waals surface area contributed by atoms with Gasteiger partial charge >= 0.3 is 0 Å². The SMILES string of the molecule is CCCCC1=NC2(CCCC2)C(=O)N1Cc1ccc(-c2ccccc2-c2nnnn2C(c2ccccc2)(c2ccccc2)c2ccccc2)cc1. The highest BCUT2D eigenvalue weighted by Crippen LogP contribution is 2.44. The topological polar surface area (TPSA) is 76.3 Å². The van der Waals surface area contributed by atoms with Gasteiger partial charge in [0.25, 0.3) is 5.91 Å². The second kappa shape index (κ2) is 13.9. The monoisotopic (exact) mass is 670 g/mol. The molecule has 1 amide bonds. The lowest BCUT2D eigenvalue weighted by Crippen LogP contribution is -2.40. The molecule has 0 saturated heterocycles. The third-order valence-corrected chi connectivity index (χ3v) is 10.6. The number of hydrogen-bond acceptors (Lipinski definition) is 5. The van der Waals surface area contributed by atoms with Gasteiger partial charge in [0.2, 0.25) is 0 Å². The van der Waals surface area contributed by atoms with Gasteiger partial charge in [-0.3, -0.25) is 14.7 Å². The molecule has 0 N–H and O–H groups in total. The van der Waals surface area contributed by atoms with Gasteiger partial charge in [0.05, 0.1) is 6.54 Å². The Morgan fingerprint density at radius 1 is 0.686 bits per heavy atom. The normalized spacial score (nSPS) is 15.4. The number of carbonyl (C=O) groups is 1. The highest BCUT2D eigenvalue weighted by molar-refractivity contribution is 6.08. The minimum atomic E-state index is -0.852. The Labute approximate surface area is 299 Å². The van der Waals surface area contributed by atoms with E-state index in [4.69, 9.17) is 15.3 Å². The molecule has 1 aromatic heterocycles. The first-order valence-corrected chi connectivity index (χ1v) is 18.2. The standard InChI is InChI=1S/C44H42N6O/c1-2-3-25-40-45-43(30-15-16-31-43)42(51)49(40)32-33-26-28-34(29-27-33)38-23-13-14-24-39(38)41-46-47-48-50(41)44(35-17-7-4-8-18-35,36-19-9-5-10-20-36)37-21-11-6-12-22-37/h4-14,17-24,26-29H,2-3,15-16,25,30-32H2,1H3. The Bertz CT molecular complexity index is 2040. The lowest BCUT2D eigenvalue weighted by Gasteiger charge is -2.36. The predicted molar refractivity (Wildman–Crippen MR) is 202 cm³/mol. The average molecular weight is 671 g/mol. The zero-order chi connectivity index (χ0) is 34.7. The van der Waals surface area contributed by atoms with Gasteiger partial charge in [-0.15, -0.1) is 5.10 Å². The quantitative estimate of drug-likeness (QED) is 0.129. The van der Waals surface area contributed by atoms with Gasteiger partial charge in [-0.2, -0.15) is 0 Å². The molecule has 1 fully saturated rings. The van der Waals surface area contributed by atoms with Crippen LogP contribution in [-0.2, 0) is 16.9 Å². The van der Waals surface area contributed by atoms with Crippen molar-refractivity contribution in [3.8, 4) is 22.5 Å². The van der Waals surface area contributed by atoms with Gasteiger partial charge < -0.3 is 0 Å². The fourth-order valence-corrected chi connectivity index (χ4v) is 8.09. The van der Waals surface area contributed by atoms with Crippen molar-refractivity contribution in [3.05, 3.63) is 162 Å². The lowest BCUT2D eigenvalue weighted by molar-refractivity contribution is -0.131. The van der Waals surface area contributed by atoms with Gasteiger partial charge in [-0.25, -0.2) is 4.68 Å². The third-order valence-electron chi connectivity index (χ3n) is 10.6. The number of amidine groups is 1. The number of benzene rings is 5. The number of aliphatic imine (C=N–C) groups is 1. The van der Waals surface area contributed by atoms with Crippen molar-refractivity contribution in [2.75, 3.05) is 0 Å². The van der Waals surface area contributed by atoms with Crippen molar-refractivity contribution in [2.24, 2.45) is 4.99 Å². The largest absolute Gasteiger partial charge is 0.294 e. The summed E-state index contributed by atoms with van der Waals surface area (Å²) in [6.07, 6.45) is 6.85. The smallest absolute Gasteiger partial charge is 0.256 e. The van der Waals surface area contributed by atoms with E-state index < -0.39 is 11.1 Å². The van der Waals surface area contributed by atoms with Crippen LogP contribution in [0.25, 0.3) is 22.5 Å². The molecule has 2 heterocycles. The molecule has 0 atom stereocenters. The molecular formula is C44H42N6O. The summed E-state index contributed by atoms with van der Waals surface area (Å²) in [6, 6.07) is 48.3. The van der Waals surface area contributed by atoms with Crippen LogP contribution in [0, 0.1) is 0 Å². The molecule has 1 aliphatic carbocycles. The van der Waals surface area contributed by atoms with E-state index in [-0.39, 0.29) is 5.91 Å². The summed E-state index contributed by atoms with van der Waals surface area (Å²) in [4.78, 5) is 20.8.